The zero-order valence-corrected chi connectivity index (χ0v) is 24.9. The summed E-state index contributed by atoms with van der Waals surface area (Å²) in [7, 11) is 0. The first kappa shape index (κ1) is 24.4. The van der Waals surface area contributed by atoms with E-state index in [1.807, 2.05) is 6.07 Å². The van der Waals surface area contributed by atoms with Gasteiger partial charge < -0.3 is 4.74 Å². The summed E-state index contributed by atoms with van der Waals surface area (Å²) in [4.78, 5) is 0. The third kappa shape index (κ3) is 2.91. The molecule has 2 aliphatic carbocycles. The van der Waals surface area contributed by atoms with Crippen molar-refractivity contribution in [3.05, 3.63) is 180 Å². The van der Waals surface area contributed by atoms with Gasteiger partial charge in [0.15, 0.2) is 0 Å². The van der Waals surface area contributed by atoms with Gasteiger partial charge in [0.1, 0.15) is 11.5 Å². The summed E-state index contributed by atoms with van der Waals surface area (Å²) in [5.74, 6) is 1.83. The maximum absolute atomic E-state index is 6.59. The molecule has 0 bridgehead atoms. The lowest BCUT2D eigenvalue weighted by Gasteiger charge is -2.40. The zero-order chi connectivity index (χ0) is 30.0. The molecule has 0 radical (unpaired) electrons. The monoisotopic (exact) mass is 582 g/mol. The Labute approximate surface area is 267 Å². The molecule has 0 saturated heterocycles. The summed E-state index contributed by atoms with van der Waals surface area (Å²) in [6.45, 7) is 0. The highest BCUT2D eigenvalue weighted by Gasteiger charge is 2.50. The lowest BCUT2D eigenvalue weighted by molar-refractivity contribution is 0.487. The van der Waals surface area contributed by atoms with Crippen molar-refractivity contribution in [1.82, 2.24) is 0 Å². The molecule has 1 heterocycles. The molecule has 11 rings (SSSR count). The summed E-state index contributed by atoms with van der Waals surface area (Å²) in [6, 6.07) is 58.4. The van der Waals surface area contributed by atoms with Gasteiger partial charge in [-0.2, -0.15) is 0 Å². The summed E-state index contributed by atoms with van der Waals surface area (Å²) < 4.78 is 6.59. The second-order valence-corrected chi connectivity index (χ2v) is 12.8. The molecule has 0 saturated carbocycles. The van der Waals surface area contributed by atoms with Crippen LogP contribution in [-0.4, -0.2) is 0 Å². The molecule has 46 heavy (non-hydrogen) atoms. The average molecular weight is 583 g/mol. The quantitative estimate of drug-likeness (QED) is 0.187. The lowest BCUT2D eigenvalue weighted by Crippen LogP contribution is -2.31. The Morgan fingerprint density at radius 1 is 0.326 bits per heavy atom. The van der Waals surface area contributed by atoms with Crippen molar-refractivity contribution in [2.45, 2.75) is 5.41 Å². The van der Waals surface area contributed by atoms with Crippen LogP contribution in [0.1, 0.15) is 22.3 Å². The van der Waals surface area contributed by atoms with E-state index in [0.29, 0.717) is 0 Å². The molecule has 0 fully saturated rings. The van der Waals surface area contributed by atoms with Crippen molar-refractivity contribution in [3.63, 3.8) is 0 Å². The normalized spacial score (nSPS) is 16.1. The fourth-order valence-electron chi connectivity index (χ4n) is 8.86. The molecule has 0 amide bonds. The van der Waals surface area contributed by atoms with Crippen LogP contribution in [0.3, 0.4) is 0 Å². The van der Waals surface area contributed by atoms with E-state index < -0.39 is 5.41 Å². The van der Waals surface area contributed by atoms with Crippen LogP contribution in [0.4, 0.5) is 0 Å². The molecule has 1 spiro atoms. The third-order valence-corrected chi connectivity index (χ3v) is 10.6. The molecule has 0 N–H and O–H groups in total. The van der Waals surface area contributed by atoms with E-state index in [4.69, 9.17) is 4.74 Å². The van der Waals surface area contributed by atoms with Crippen LogP contribution in [0.15, 0.2) is 158 Å². The number of hydrogen-bond donors (Lipinski definition) is 0. The smallest absolute Gasteiger partial charge is 0.136 e. The minimum absolute atomic E-state index is 0.430. The number of ether oxygens (including phenoxy) is 1. The highest BCUT2D eigenvalue weighted by atomic mass is 16.5. The van der Waals surface area contributed by atoms with Gasteiger partial charge in [-0.1, -0.05) is 133 Å². The van der Waals surface area contributed by atoms with E-state index in [2.05, 4.69) is 152 Å². The van der Waals surface area contributed by atoms with Crippen LogP contribution in [-0.2, 0) is 5.41 Å². The van der Waals surface area contributed by atoms with Gasteiger partial charge in [0.05, 0.1) is 5.41 Å². The van der Waals surface area contributed by atoms with Gasteiger partial charge in [0.25, 0.3) is 0 Å². The molecule has 3 aliphatic rings. The molecule has 1 heteroatoms. The molecule has 1 aliphatic heterocycles. The van der Waals surface area contributed by atoms with Crippen LogP contribution in [0, 0.1) is 0 Å². The minimum Gasteiger partial charge on any atom is -0.456 e. The van der Waals surface area contributed by atoms with E-state index in [1.165, 1.54) is 77.2 Å². The van der Waals surface area contributed by atoms with E-state index in [9.17, 15) is 0 Å². The number of hydrogen-bond acceptors (Lipinski definition) is 1. The standard InChI is InChI=1S/C45H26O/c1-4-18-37-31(13-1)33-23-22-28(30-24-29-12-8-17-36-34-15-3-6-21-41(34)46-42(26-30)44(29)36)25-40(33)45(37)38-19-5-2-14-32(38)35-16-7-10-27-11-9-20-39(45)43(27)35/h1-26H. The molecule has 0 aromatic heterocycles. The average Bonchev–Trinajstić information content (AvgIpc) is 3.41. The van der Waals surface area contributed by atoms with E-state index in [-0.39, 0.29) is 0 Å². The Morgan fingerprint density at radius 2 is 0.913 bits per heavy atom. The second kappa shape index (κ2) is 8.62. The Morgan fingerprint density at radius 3 is 1.72 bits per heavy atom. The highest BCUT2D eigenvalue weighted by molar-refractivity contribution is 6.08. The topological polar surface area (TPSA) is 9.23 Å². The molecular formula is C45H26O. The predicted octanol–water partition coefficient (Wildman–Crippen LogP) is 11.8. The molecule has 1 nitrogen and oxygen atoms in total. The van der Waals surface area contributed by atoms with Gasteiger partial charge in [-0.15, -0.1) is 0 Å². The van der Waals surface area contributed by atoms with Gasteiger partial charge in [0.2, 0.25) is 0 Å². The first-order valence-corrected chi connectivity index (χ1v) is 16.0. The Bertz CT molecular complexity index is 2620. The van der Waals surface area contributed by atoms with Crippen molar-refractivity contribution in [1.29, 1.82) is 0 Å². The van der Waals surface area contributed by atoms with E-state index in [0.717, 1.165) is 22.6 Å². The van der Waals surface area contributed by atoms with Crippen molar-refractivity contribution < 1.29 is 4.74 Å². The molecule has 212 valence electrons. The fraction of sp³-hybridized carbons (Fsp3) is 0.0222. The highest BCUT2D eigenvalue weighted by Crippen LogP contribution is 2.62. The van der Waals surface area contributed by atoms with Gasteiger partial charge in [-0.25, -0.2) is 0 Å². The first-order chi connectivity index (χ1) is 22.8. The second-order valence-electron chi connectivity index (χ2n) is 12.8. The lowest BCUT2D eigenvalue weighted by atomic mass is 9.61. The van der Waals surface area contributed by atoms with Gasteiger partial charge >= 0.3 is 0 Å². The summed E-state index contributed by atoms with van der Waals surface area (Å²) in [6.07, 6.45) is 0. The molecule has 8 aromatic carbocycles. The van der Waals surface area contributed by atoms with Crippen LogP contribution in [0.25, 0.3) is 66.1 Å². The third-order valence-electron chi connectivity index (χ3n) is 10.6. The number of benzene rings is 8. The van der Waals surface area contributed by atoms with Crippen LogP contribution in [0.2, 0.25) is 0 Å². The summed E-state index contributed by atoms with van der Waals surface area (Å²) in [5.41, 5.74) is 15.0. The molecule has 1 unspecified atom stereocenters. The maximum atomic E-state index is 6.59. The van der Waals surface area contributed by atoms with E-state index >= 15 is 0 Å². The molecule has 1 atom stereocenters. The van der Waals surface area contributed by atoms with Crippen LogP contribution in [0.5, 0.6) is 11.5 Å². The Balaban J connectivity index is 1.22. The van der Waals surface area contributed by atoms with E-state index in [1.54, 1.807) is 0 Å². The van der Waals surface area contributed by atoms with Crippen molar-refractivity contribution >= 4 is 21.5 Å². The van der Waals surface area contributed by atoms with Crippen molar-refractivity contribution in [2.24, 2.45) is 0 Å². The molecule has 8 aromatic rings. The fourth-order valence-corrected chi connectivity index (χ4v) is 8.86. The zero-order valence-electron chi connectivity index (χ0n) is 24.9. The van der Waals surface area contributed by atoms with Gasteiger partial charge in [0, 0.05) is 10.9 Å². The van der Waals surface area contributed by atoms with Crippen molar-refractivity contribution in [3.8, 4) is 56.0 Å². The van der Waals surface area contributed by atoms with Gasteiger partial charge in [-0.3, -0.25) is 0 Å². The predicted molar refractivity (Wildman–Crippen MR) is 189 cm³/mol. The number of rotatable bonds is 1. The summed E-state index contributed by atoms with van der Waals surface area (Å²) in [5, 5.41) is 5.01. The first-order valence-electron chi connectivity index (χ1n) is 16.0. The Hall–Kier alpha value is -5.92. The van der Waals surface area contributed by atoms with Gasteiger partial charge in [-0.05, 0) is 102 Å². The van der Waals surface area contributed by atoms with Crippen molar-refractivity contribution in [2.75, 3.05) is 0 Å². The number of fused-ring (bicyclic) bond motifs is 11. The number of para-hydroxylation sites is 1. The molecular weight excluding hydrogens is 556 g/mol. The SMILES string of the molecule is c1ccc2c(c1)Oc1cc(-c3ccc4c(c3)C3(c5ccccc5-4)c4ccccc4-c4cccc5cccc3c45)cc3cccc-2c13. The van der Waals surface area contributed by atoms with Crippen LogP contribution >= 0.6 is 0 Å². The Kier molecular flexibility index (Phi) is 4.57. The summed E-state index contributed by atoms with van der Waals surface area (Å²) >= 11 is 0. The minimum atomic E-state index is -0.430. The van der Waals surface area contributed by atoms with Crippen LogP contribution < -0.4 is 4.74 Å². The maximum Gasteiger partial charge on any atom is 0.136 e. The largest absolute Gasteiger partial charge is 0.456 e.